The minimum atomic E-state index is -0.284. The van der Waals surface area contributed by atoms with Crippen LogP contribution >= 0.6 is 0 Å². The van der Waals surface area contributed by atoms with Crippen LogP contribution in [0.3, 0.4) is 0 Å². The second kappa shape index (κ2) is 7.67. The van der Waals surface area contributed by atoms with Gasteiger partial charge in [-0.25, -0.2) is 0 Å². The van der Waals surface area contributed by atoms with Gasteiger partial charge in [-0.1, -0.05) is 13.0 Å². The third-order valence-electron chi connectivity index (χ3n) is 3.15. The zero-order valence-corrected chi connectivity index (χ0v) is 13.1. The molecule has 1 aromatic carbocycles. The molecule has 1 rings (SSSR count). The molecule has 0 radical (unpaired) electrons. The van der Waals surface area contributed by atoms with Gasteiger partial charge in [0.2, 0.25) is 0 Å². The summed E-state index contributed by atoms with van der Waals surface area (Å²) in [6.07, 6.45) is 1.50. The van der Waals surface area contributed by atoms with E-state index in [1.165, 1.54) is 0 Å². The molecule has 0 heterocycles. The van der Waals surface area contributed by atoms with Gasteiger partial charge in [-0.2, -0.15) is 0 Å². The minimum absolute atomic E-state index is 0.158. The molecule has 0 aliphatic heterocycles. The van der Waals surface area contributed by atoms with Crippen molar-refractivity contribution in [3.8, 4) is 11.5 Å². The summed E-state index contributed by atoms with van der Waals surface area (Å²) in [6, 6.07) is 5.04. The molecule has 5 nitrogen and oxygen atoms in total. The van der Waals surface area contributed by atoms with E-state index in [4.69, 9.17) is 9.47 Å². The van der Waals surface area contributed by atoms with Crippen molar-refractivity contribution >= 4 is 12.2 Å². The second-order valence-electron chi connectivity index (χ2n) is 5.30. The Bertz CT molecular complexity index is 497. The Balaban J connectivity index is 2.78. The molecule has 0 spiro atoms. The van der Waals surface area contributed by atoms with Gasteiger partial charge in [0.15, 0.2) is 24.4 Å². The number of hydrogen-bond acceptors (Lipinski definition) is 4. The van der Waals surface area contributed by atoms with Gasteiger partial charge in [-0.3, -0.25) is 9.59 Å². The molecule has 0 unspecified atom stereocenters. The Morgan fingerprint density at radius 2 is 2.00 bits per heavy atom. The van der Waals surface area contributed by atoms with Gasteiger partial charge < -0.3 is 14.8 Å². The molecule has 116 valence electrons. The van der Waals surface area contributed by atoms with Crippen molar-refractivity contribution in [2.45, 2.75) is 39.7 Å². The minimum Gasteiger partial charge on any atom is -0.490 e. The van der Waals surface area contributed by atoms with Crippen LogP contribution in [0.5, 0.6) is 11.5 Å². The average molecular weight is 293 g/mol. The molecule has 1 aromatic rings. The molecule has 0 aliphatic rings. The second-order valence-corrected chi connectivity index (χ2v) is 5.30. The number of para-hydroxylation sites is 1. The Labute approximate surface area is 125 Å². The van der Waals surface area contributed by atoms with Gasteiger partial charge >= 0.3 is 0 Å². The fourth-order valence-electron chi connectivity index (χ4n) is 1.69. The van der Waals surface area contributed by atoms with Crippen LogP contribution in [0.25, 0.3) is 0 Å². The summed E-state index contributed by atoms with van der Waals surface area (Å²) in [5, 5.41) is 2.87. The molecule has 21 heavy (non-hydrogen) atoms. The van der Waals surface area contributed by atoms with E-state index in [1.807, 2.05) is 27.7 Å². The van der Waals surface area contributed by atoms with Crippen molar-refractivity contribution in [1.82, 2.24) is 5.32 Å². The van der Waals surface area contributed by atoms with E-state index < -0.39 is 0 Å². The van der Waals surface area contributed by atoms with Crippen LogP contribution in [0, 0.1) is 0 Å². The van der Waals surface area contributed by atoms with Gasteiger partial charge in [0.1, 0.15) is 0 Å². The van der Waals surface area contributed by atoms with Crippen molar-refractivity contribution in [3.05, 3.63) is 23.8 Å². The first-order chi connectivity index (χ1) is 9.93. The Hall–Kier alpha value is -2.04. The zero-order chi connectivity index (χ0) is 15.9. The highest BCUT2D eigenvalue weighted by molar-refractivity contribution is 5.82. The molecular weight excluding hydrogens is 270 g/mol. The van der Waals surface area contributed by atoms with Gasteiger partial charge in [0.25, 0.3) is 5.91 Å². The maximum atomic E-state index is 11.9. The quantitative estimate of drug-likeness (QED) is 0.748. The molecule has 5 heteroatoms. The number of amides is 1. The maximum absolute atomic E-state index is 11.9. The Kier molecular flexibility index (Phi) is 6.21. The predicted molar refractivity (Wildman–Crippen MR) is 81.0 cm³/mol. The molecule has 0 atom stereocenters. The highest BCUT2D eigenvalue weighted by atomic mass is 16.5. The van der Waals surface area contributed by atoms with E-state index in [0.717, 1.165) is 6.42 Å². The summed E-state index contributed by atoms with van der Waals surface area (Å²) in [7, 11) is 0. The number of aldehydes is 1. The number of nitrogens with one attached hydrogen (secondary N) is 1. The lowest BCUT2D eigenvalue weighted by atomic mass is 10.0. The SMILES string of the molecule is CCOc1cccc(C=O)c1OCC(=O)NC(C)(C)CC. The third kappa shape index (κ3) is 5.10. The molecule has 0 aromatic heterocycles. The van der Waals surface area contributed by atoms with E-state index in [9.17, 15) is 9.59 Å². The van der Waals surface area contributed by atoms with Crippen LogP contribution in [-0.4, -0.2) is 30.9 Å². The van der Waals surface area contributed by atoms with Crippen LogP contribution in [-0.2, 0) is 4.79 Å². The fraction of sp³-hybridized carbons (Fsp3) is 0.500. The van der Waals surface area contributed by atoms with Crippen molar-refractivity contribution < 1.29 is 19.1 Å². The molecule has 0 fully saturated rings. The number of ether oxygens (including phenoxy) is 2. The number of rotatable bonds is 8. The predicted octanol–water partition coefficient (Wildman–Crippen LogP) is 2.58. The molecule has 0 saturated carbocycles. The topological polar surface area (TPSA) is 64.6 Å². The zero-order valence-electron chi connectivity index (χ0n) is 13.1. The lowest BCUT2D eigenvalue weighted by Gasteiger charge is -2.24. The van der Waals surface area contributed by atoms with Crippen LogP contribution < -0.4 is 14.8 Å². The molecular formula is C16H23NO4. The normalized spacial score (nSPS) is 10.9. The van der Waals surface area contributed by atoms with E-state index >= 15 is 0 Å². The number of carbonyl (C=O) groups is 2. The van der Waals surface area contributed by atoms with Crippen molar-refractivity contribution in [1.29, 1.82) is 0 Å². The summed E-state index contributed by atoms with van der Waals surface area (Å²) >= 11 is 0. The molecule has 1 N–H and O–H groups in total. The third-order valence-corrected chi connectivity index (χ3v) is 3.15. The van der Waals surface area contributed by atoms with Crippen LogP contribution in [0.2, 0.25) is 0 Å². The van der Waals surface area contributed by atoms with Gasteiger partial charge in [0, 0.05) is 5.54 Å². The first-order valence-electron chi connectivity index (χ1n) is 7.08. The van der Waals surface area contributed by atoms with Crippen molar-refractivity contribution in [3.63, 3.8) is 0 Å². The summed E-state index contributed by atoms with van der Waals surface area (Å²) in [5.41, 5.74) is 0.0800. The van der Waals surface area contributed by atoms with Crippen molar-refractivity contribution in [2.24, 2.45) is 0 Å². The maximum Gasteiger partial charge on any atom is 0.258 e. The number of carbonyl (C=O) groups excluding carboxylic acids is 2. The number of benzene rings is 1. The highest BCUT2D eigenvalue weighted by Crippen LogP contribution is 2.30. The van der Waals surface area contributed by atoms with E-state index in [0.29, 0.717) is 30.0 Å². The van der Waals surface area contributed by atoms with Crippen LogP contribution in [0.15, 0.2) is 18.2 Å². The van der Waals surface area contributed by atoms with Crippen LogP contribution in [0.4, 0.5) is 0 Å². The summed E-state index contributed by atoms with van der Waals surface area (Å²) in [4.78, 5) is 23.0. The summed E-state index contributed by atoms with van der Waals surface area (Å²) in [5.74, 6) is 0.536. The van der Waals surface area contributed by atoms with Crippen molar-refractivity contribution in [2.75, 3.05) is 13.2 Å². The summed E-state index contributed by atoms with van der Waals surface area (Å²) in [6.45, 7) is 8.01. The smallest absolute Gasteiger partial charge is 0.258 e. The van der Waals surface area contributed by atoms with Gasteiger partial charge in [-0.05, 0) is 39.3 Å². The highest BCUT2D eigenvalue weighted by Gasteiger charge is 2.19. The Morgan fingerprint density at radius 1 is 1.29 bits per heavy atom. The first kappa shape index (κ1) is 17.0. The van der Waals surface area contributed by atoms with Gasteiger partial charge in [-0.15, -0.1) is 0 Å². The molecule has 0 bridgehead atoms. The lowest BCUT2D eigenvalue weighted by Crippen LogP contribution is -2.44. The number of hydrogen-bond donors (Lipinski definition) is 1. The van der Waals surface area contributed by atoms with E-state index in [2.05, 4.69) is 5.32 Å². The standard InChI is InChI=1S/C16H23NO4/c1-5-16(3,4)17-14(19)11-21-15-12(10-18)8-7-9-13(15)20-6-2/h7-10H,5-6,11H2,1-4H3,(H,17,19). The lowest BCUT2D eigenvalue weighted by molar-refractivity contribution is -0.124. The fourth-order valence-corrected chi connectivity index (χ4v) is 1.69. The largest absolute Gasteiger partial charge is 0.490 e. The monoisotopic (exact) mass is 293 g/mol. The summed E-state index contributed by atoms with van der Waals surface area (Å²) < 4.78 is 10.9. The van der Waals surface area contributed by atoms with Gasteiger partial charge in [0.05, 0.1) is 12.2 Å². The Morgan fingerprint density at radius 3 is 2.57 bits per heavy atom. The van der Waals surface area contributed by atoms with Crippen LogP contribution in [0.1, 0.15) is 44.5 Å². The average Bonchev–Trinajstić information content (AvgIpc) is 2.45. The molecule has 0 saturated heterocycles. The van der Waals surface area contributed by atoms with E-state index in [-0.39, 0.29) is 18.1 Å². The molecule has 0 aliphatic carbocycles. The first-order valence-corrected chi connectivity index (χ1v) is 7.08. The van der Waals surface area contributed by atoms with E-state index in [1.54, 1.807) is 18.2 Å². The molecule has 1 amide bonds.